The fourth-order valence-electron chi connectivity index (χ4n) is 2.86. The molecule has 0 amide bonds. The van der Waals surface area contributed by atoms with Crippen molar-refractivity contribution in [1.29, 1.82) is 0 Å². The summed E-state index contributed by atoms with van der Waals surface area (Å²) in [6.07, 6.45) is 0.333. The molecule has 0 aliphatic heterocycles. The van der Waals surface area contributed by atoms with Gasteiger partial charge in [-0.15, -0.1) is 0 Å². The first-order valence-electron chi connectivity index (χ1n) is 9.46. The van der Waals surface area contributed by atoms with E-state index in [4.69, 9.17) is 8.92 Å². The molecule has 3 aromatic rings. The summed E-state index contributed by atoms with van der Waals surface area (Å²) in [7, 11) is -2.37. The fraction of sp³-hybridized carbons (Fsp3) is 0.174. The molecule has 3 aromatic carbocycles. The maximum Gasteiger partial charge on any atom is 0.339 e. The van der Waals surface area contributed by atoms with Crippen LogP contribution in [0, 0.1) is 0 Å². The van der Waals surface area contributed by atoms with Crippen LogP contribution in [0.15, 0.2) is 77.7 Å². The van der Waals surface area contributed by atoms with Gasteiger partial charge in [0.2, 0.25) is 0 Å². The average molecular weight is 426 g/mol. The van der Waals surface area contributed by atoms with Crippen molar-refractivity contribution in [3.8, 4) is 11.5 Å². The number of rotatable bonds is 9. The predicted molar refractivity (Wildman–Crippen MR) is 116 cm³/mol. The predicted octanol–water partition coefficient (Wildman–Crippen LogP) is 4.67. The van der Waals surface area contributed by atoms with Gasteiger partial charge in [-0.05, 0) is 42.0 Å². The van der Waals surface area contributed by atoms with Crippen molar-refractivity contribution >= 4 is 21.6 Å². The van der Waals surface area contributed by atoms with Crippen LogP contribution in [0.4, 0.5) is 5.69 Å². The number of hydrogen-bond donors (Lipinski definition) is 1. The molecule has 0 unspecified atom stereocenters. The highest BCUT2D eigenvalue weighted by atomic mass is 32.2. The Balaban J connectivity index is 1.85. The van der Waals surface area contributed by atoms with Gasteiger partial charge in [0.1, 0.15) is 16.4 Å². The van der Waals surface area contributed by atoms with Crippen LogP contribution in [0.3, 0.4) is 0 Å². The zero-order valence-corrected chi connectivity index (χ0v) is 17.6. The molecule has 0 saturated heterocycles. The lowest BCUT2D eigenvalue weighted by atomic mass is 10.1. The molecule has 7 heteroatoms. The number of carbonyl (C=O) groups excluding carboxylic acids is 1. The topological polar surface area (TPSA) is 81.7 Å². The maximum absolute atomic E-state index is 12.5. The Hall–Kier alpha value is -3.32. The number of anilines is 1. The van der Waals surface area contributed by atoms with Crippen LogP contribution in [0.5, 0.6) is 11.5 Å². The third-order valence-electron chi connectivity index (χ3n) is 4.49. The average Bonchev–Trinajstić information content (AvgIpc) is 2.78. The van der Waals surface area contributed by atoms with E-state index in [1.807, 2.05) is 24.3 Å². The quantitative estimate of drug-likeness (QED) is 0.396. The Labute approximate surface area is 176 Å². The Morgan fingerprint density at radius 1 is 0.933 bits per heavy atom. The SMILES string of the molecule is CCC(=O)c1ccc(OS(=O)(=O)c2ccccc2)cc1NCc1ccc(OC)cc1. The summed E-state index contributed by atoms with van der Waals surface area (Å²) in [5.74, 6) is 0.829. The first kappa shape index (κ1) is 21.4. The van der Waals surface area contributed by atoms with E-state index in [2.05, 4.69) is 5.32 Å². The van der Waals surface area contributed by atoms with Gasteiger partial charge in [-0.1, -0.05) is 37.3 Å². The Bertz CT molecular complexity index is 1110. The van der Waals surface area contributed by atoms with E-state index >= 15 is 0 Å². The molecule has 0 radical (unpaired) electrons. The first-order chi connectivity index (χ1) is 14.4. The van der Waals surface area contributed by atoms with Crippen LogP contribution in [-0.4, -0.2) is 21.3 Å². The van der Waals surface area contributed by atoms with E-state index in [1.54, 1.807) is 38.3 Å². The van der Waals surface area contributed by atoms with E-state index in [0.717, 1.165) is 11.3 Å². The summed E-state index contributed by atoms with van der Waals surface area (Å²) < 4.78 is 35.5. The molecule has 0 aliphatic carbocycles. The summed E-state index contributed by atoms with van der Waals surface area (Å²) in [5, 5.41) is 3.21. The second-order valence-electron chi connectivity index (χ2n) is 6.54. The molecule has 3 rings (SSSR count). The summed E-state index contributed by atoms with van der Waals surface area (Å²) in [6, 6.07) is 20.0. The summed E-state index contributed by atoms with van der Waals surface area (Å²) in [4.78, 5) is 12.4. The molecule has 0 fully saturated rings. The van der Waals surface area contributed by atoms with E-state index in [9.17, 15) is 13.2 Å². The highest BCUT2D eigenvalue weighted by Gasteiger charge is 2.18. The van der Waals surface area contributed by atoms with Gasteiger partial charge in [-0.2, -0.15) is 8.42 Å². The minimum Gasteiger partial charge on any atom is -0.497 e. The van der Waals surface area contributed by atoms with Crippen LogP contribution in [0.2, 0.25) is 0 Å². The lowest BCUT2D eigenvalue weighted by Gasteiger charge is -2.14. The standard InChI is InChI=1S/C23H23NO5S/c1-3-23(25)21-14-13-19(29-30(26,27)20-7-5-4-6-8-20)15-22(21)24-16-17-9-11-18(28-2)12-10-17/h4-15,24H,3,16H2,1-2H3. The second-order valence-corrected chi connectivity index (χ2v) is 8.08. The van der Waals surface area contributed by atoms with E-state index in [-0.39, 0.29) is 16.4 Å². The highest BCUT2D eigenvalue weighted by Crippen LogP contribution is 2.27. The molecule has 156 valence electrons. The van der Waals surface area contributed by atoms with Gasteiger partial charge in [0.15, 0.2) is 5.78 Å². The smallest absolute Gasteiger partial charge is 0.339 e. The molecule has 0 atom stereocenters. The fourth-order valence-corrected chi connectivity index (χ4v) is 3.80. The minimum absolute atomic E-state index is 0.0512. The zero-order valence-electron chi connectivity index (χ0n) is 16.8. The van der Waals surface area contributed by atoms with Crippen molar-refractivity contribution in [3.05, 3.63) is 83.9 Å². The Morgan fingerprint density at radius 2 is 1.60 bits per heavy atom. The Morgan fingerprint density at radius 3 is 2.23 bits per heavy atom. The molecule has 0 bridgehead atoms. The molecule has 30 heavy (non-hydrogen) atoms. The first-order valence-corrected chi connectivity index (χ1v) is 10.9. The number of benzene rings is 3. The molecule has 0 aliphatic rings. The van der Waals surface area contributed by atoms with Crippen LogP contribution >= 0.6 is 0 Å². The zero-order chi connectivity index (χ0) is 21.6. The van der Waals surface area contributed by atoms with Crippen molar-refractivity contribution in [2.75, 3.05) is 12.4 Å². The van der Waals surface area contributed by atoms with Gasteiger partial charge < -0.3 is 14.2 Å². The van der Waals surface area contributed by atoms with Crippen molar-refractivity contribution in [2.24, 2.45) is 0 Å². The summed E-state index contributed by atoms with van der Waals surface area (Å²) in [5.41, 5.74) is 1.97. The van der Waals surface area contributed by atoms with Gasteiger partial charge in [-0.25, -0.2) is 0 Å². The number of methoxy groups -OCH3 is 1. The number of ketones is 1. The molecule has 6 nitrogen and oxygen atoms in total. The van der Waals surface area contributed by atoms with Crippen molar-refractivity contribution in [3.63, 3.8) is 0 Å². The molecule has 0 heterocycles. The summed E-state index contributed by atoms with van der Waals surface area (Å²) in [6.45, 7) is 2.22. The van der Waals surface area contributed by atoms with E-state index in [1.165, 1.54) is 24.3 Å². The largest absolute Gasteiger partial charge is 0.497 e. The lowest BCUT2D eigenvalue weighted by Crippen LogP contribution is -2.11. The maximum atomic E-state index is 12.5. The van der Waals surface area contributed by atoms with Gasteiger partial charge in [0, 0.05) is 30.3 Å². The lowest BCUT2D eigenvalue weighted by molar-refractivity contribution is 0.0989. The van der Waals surface area contributed by atoms with Crippen molar-refractivity contribution in [1.82, 2.24) is 0 Å². The number of carbonyl (C=O) groups is 1. The van der Waals surface area contributed by atoms with Crippen LogP contribution in [0.1, 0.15) is 29.3 Å². The van der Waals surface area contributed by atoms with Crippen LogP contribution in [0.25, 0.3) is 0 Å². The number of Topliss-reactive ketones (excluding diaryl/α,β-unsaturated/α-hetero) is 1. The van der Waals surface area contributed by atoms with Gasteiger partial charge in [0.05, 0.1) is 7.11 Å². The Kier molecular flexibility index (Phi) is 6.74. The van der Waals surface area contributed by atoms with Crippen LogP contribution in [-0.2, 0) is 16.7 Å². The highest BCUT2D eigenvalue weighted by molar-refractivity contribution is 7.87. The number of hydrogen-bond acceptors (Lipinski definition) is 6. The van der Waals surface area contributed by atoms with E-state index < -0.39 is 10.1 Å². The van der Waals surface area contributed by atoms with Gasteiger partial charge in [-0.3, -0.25) is 4.79 Å². The molecule has 0 spiro atoms. The second kappa shape index (κ2) is 9.45. The van der Waals surface area contributed by atoms with Gasteiger partial charge >= 0.3 is 10.1 Å². The van der Waals surface area contributed by atoms with E-state index in [0.29, 0.717) is 24.2 Å². The van der Waals surface area contributed by atoms with Crippen molar-refractivity contribution < 1.29 is 22.1 Å². The van der Waals surface area contributed by atoms with Crippen LogP contribution < -0.4 is 14.2 Å². The molecule has 1 N–H and O–H groups in total. The molecule has 0 aromatic heterocycles. The van der Waals surface area contributed by atoms with Gasteiger partial charge in [0.25, 0.3) is 0 Å². The minimum atomic E-state index is -3.97. The van der Waals surface area contributed by atoms with Crippen molar-refractivity contribution in [2.45, 2.75) is 24.8 Å². The molecular formula is C23H23NO5S. The third kappa shape index (κ3) is 5.18. The third-order valence-corrected chi connectivity index (χ3v) is 5.75. The summed E-state index contributed by atoms with van der Waals surface area (Å²) >= 11 is 0. The molecule has 0 saturated carbocycles. The number of nitrogens with one attached hydrogen (secondary N) is 1. The number of ether oxygens (including phenoxy) is 1. The molecular weight excluding hydrogens is 402 g/mol. The monoisotopic (exact) mass is 425 g/mol. The normalized spacial score (nSPS) is 11.0.